The largest absolute Gasteiger partial charge is 0.311 e. The summed E-state index contributed by atoms with van der Waals surface area (Å²) in [6.45, 7) is 6.16. The van der Waals surface area contributed by atoms with E-state index in [4.69, 9.17) is 0 Å². The maximum atomic E-state index is 3.64. The molecule has 0 spiro atoms. The summed E-state index contributed by atoms with van der Waals surface area (Å²) < 4.78 is 0. The summed E-state index contributed by atoms with van der Waals surface area (Å²) in [5.74, 6) is 0.978. The second-order valence-corrected chi connectivity index (χ2v) is 6.47. The molecule has 18 heavy (non-hydrogen) atoms. The van der Waals surface area contributed by atoms with Crippen molar-refractivity contribution in [2.45, 2.75) is 44.6 Å². The zero-order valence-corrected chi connectivity index (χ0v) is 12.3. The van der Waals surface area contributed by atoms with Gasteiger partial charge in [-0.15, -0.1) is 0 Å². The molecule has 1 N–H and O–H groups in total. The standard InChI is InChI=1S/C15H31N3/c1-17(12-14-6-4-3-5-7-14)10-8-15-13-18(2)11-9-16-15/h14-16H,3-13H2,1-2H3. The van der Waals surface area contributed by atoms with E-state index in [1.165, 1.54) is 64.7 Å². The van der Waals surface area contributed by atoms with E-state index in [0.29, 0.717) is 6.04 Å². The van der Waals surface area contributed by atoms with E-state index >= 15 is 0 Å². The first-order valence-electron chi connectivity index (χ1n) is 7.84. The quantitative estimate of drug-likeness (QED) is 0.806. The molecule has 1 atom stereocenters. The SMILES string of the molecule is CN(CCC1CN(C)CCN1)CC1CCCCC1. The number of hydrogen-bond donors (Lipinski definition) is 1. The zero-order valence-electron chi connectivity index (χ0n) is 12.3. The van der Waals surface area contributed by atoms with Crippen molar-refractivity contribution in [1.82, 2.24) is 15.1 Å². The van der Waals surface area contributed by atoms with E-state index in [-0.39, 0.29) is 0 Å². The molecule has 0 bridgehead atoms. The third-order valence-electron chi connectivity index (χ3n) is 4.61. The highest BCUT2D eigenvalue weighted by molar-refractivity contribution is 4.78. The van der Waals surface area contributed by atoms with Crippen LogP contribution in [0.25, 0.3) is 0 Å². The van der Waals surface area contributed by atoms with Crippen LogP contribution in [0.1, 0.15) is 38.5 Å². The molecule has 2 aliphatic rings. The van der Waals surface area contributed by atoms with E-state index < -0.39 is 0 Å². The average molecular weight is 253 g/mol. The van der Waals surface area contributed by atoms with Crippen molar-refractivity contribution < 1.29 is 0 Å². The van der Waals surface area contributed by atoms with Gasteiger partial charge in [-0.25, -0.2) is 0 Å². The van der Waals surface area contributed by atoms with Gasteiger partial charge in [-0.1, -0.05) is 19.3 Å². The minimum absolute atomic E-state index is 0.706. The lowest BCUT2D eigenvalue weighted by atomic mass is 9.89. The van der Waals surface area contributed by atoms with Gasteiger partial charge in [-0.3, -0.25) is 0 Å². The van der Waals surface area contributed by atoms with E-state index in [1.807, 2.05) is 0 Å². The highest BCUT2D eigenvalue weighted by atomic mass is 15.2. The molecule has 3 nitrogen and oxygen atoms in total. The van der Waals surface area contributed by atoms with Crippen LogP contribution in [-0.4, -0.2) is 62.7 Å². The smallest absolute Gasteiger partial charge is 0.0207 e. The van der Waals surface area contributed by atoms with Crippen molar-refractivity contribution in [1.29, 1.82) is 0 Å². The first-order valence-corrected chi connectivity index (χ1v) is 7.84. The Morgan fingerprint density at radius 2 is 2.00 bits per heavy atom. The Balaban J connectivity index is 1.60. The summed E-state index contributed by atoms with van der Waals surface area (Å²) in [5, 5.41) is 3.64. The molecule has 0 aromatic heterocycles. The fourth-order valence-electron chi connectivity index (χ4n) is 3.46. The second kappa shape index (κ2) is 7.46. The lowest BCUT2D eigenvalue weighted by Crippen LogP contribution is -2.50. The summed E-state index contributed by atoms with van der Waals surface area (Å²) in [6.07, 6.45) is 8.64. The van der Waals surface area contributed by atoms with Crippen molar-refractivity contribution in [2.24, 2.45) is 5.92 Å². The Bertz CT molecular complexity index is 226. The number of rotatable bonds is 5. The Hall–Kier alpha value is -0.120. The van der Waals surface area contributed by atoms with Gasteiger partial charge >= 0.3 is 0 Å². The van der Waals surface area contributed by atoms with Gasteiger partial charge in [-0.05, 0) is 45.8 Å². The molecule has 1 heterocycles. The lowest BCUT2D eigenvalue weighted by molar-refractivity contribution is 0.195. The summed E-state index contributed by atoms with van der Waals surface area (Å²) >= 11 is 0. The third-order valence-corrected chi connectivity index (χ3v) is 4.61. The molecule has 1 unspecified atom stereocenters. The molecule has 1 aliphatic heterocycles. The van der Waals surface area contributed by atoms with Crippen molar-refractivity contribution >= 4 is 0 Å². The van der Waals surface area contributed by atoms with E-state index in [2.05, 4.69) is 29.2 Å². The van der Waals surface area contributed by atoms with Gasteiger partial charge in [-0.2, -0.15) is 0 Å². The van der Waals surface area contributed by atoms with Crippen molar-refractivity contribution in [2.75, 3.05) is 46.8 Å². The van der Waals surface area contributed by atoms with Crippen LogP contribution < -0.4 is 5.32 Å². The Morgan fingerprint density at radius 1 is 1.22 bits per heavy atom. The van der Waals surface area contributed by atoms with Crippen LogP contribution >= 0.6 is 0 Å². The van der Waals surface area contributed by atoms with Crippen molar-refractivity contribution in [3.8, 4) is 0 Å². The normalized spacial score (nSPS) is 27.8. The lowest BCUT2D eigenvalue weighted by Gasteiger charge is -2.33. The van der Waals surface area contributed by atoms with Gasteiger partial charge < -0.3 is 15.1 Å². The van der Waals surface area contributed by atoms with Crippen molar-refractivity contribution in [3.63, 3.8) is 0 Å². The molecular weight excluding hydrogens is 222 g/mol. The molecule has 0 aromatic rings. The number of nitrogens with zero attached hydrogens (tertiary/aromatic N) is 2. The van der Waals surface area contributed by atoms with Crippen LogP contribution in [-0.2, 0) is 0 Å². The van der Waals surface area contributed by atoms with Gasteiger partial charge in [0.05, 0.1) is 0 Å². The Morgan fingerprint density at radius 3 is 2.72 bits per heavy atom. The van der Waals surface area contributed by atoms with Crippen molar-refractivity contribution in [3.05, 3.63) is 0 Å². The molecular formula is C15H31N3. The fourth-order valence-corrected chi connectivity index (χ4v) is 3.46. The highest BCUT2D eigenvalue weighted by Crippen LogP contribution is 2.24. The van der Waals surface area contributed by atoms with Gasteiger partial charge in [0, 0.05) is 32.2 Å². The Kier molecular flexibility index (Phi) is 5.93. The molecule has 2 fully saturated rings. The van der Waals surface area contributed by atoms with Crippen LogP contribution in [0, 0.1) is 5.92 Å². The van der Waals surface area contributed by atoms with E-state index in [0.717, 1.165) is 12.5 Å². The predicted octanol–water partition coefficient (Wildman–Crippen LogP) is 1.79. The van der Waals surface area contributed by atoms with Gasteiger partial charge in [0.25, 0.3) is 0 Å². The summed E-state index contributed by atoms with van der Waals surface area (Å²) in [6, 6.07) is 0.706. The number of likely N-dealkylation sites (N-methyl/N-ethyl adjacent to an activating group) is 1. The summed E-state index contributed by atoms with van der Waals surface area (Å²) in [4.78, 5) is 5.01. The molecule has 106 valence electrons. The zero-order chi connectivity index (χ0) is 12.8. The fraction of sp³-hybridized carbons (Fsp3) is 1.00. The molecule has 1 saturated carbocycles. The minimum Gasteiger partial charge on any atom is -0.311 e. The van der Waals surface area contributed by atoms with Crippen LogP contribution in [0.2, 0.25) is 0 Å². The third kappa shape index (κ3) is 4.87. The van der Waals surface area contributed by atoms with Gasteiger partial charge in [0.2, 0.25) is 0 Å². The number of nitrogens with one attached hydrogen (secondary N) is 1. The van der Waals surface area contributed by atoms with Crippen LogP contribution in [0.15, 0.2) is 0 Å². The summed E-state index contributed by atoms with van der Waals surface area (Å²) in [5.41, 5.74) is 0. The van der Waals surface area contributed by atoms with Gasteiger partial charge in [0.1, 0.15) is 0 Å². The van der Waals surface area contributed by atoms with E-state index in [1.54, 1.807) is 0 Å². The molecule has 0 aromatic carbocycles. The minimum atomic E-state index is 0.706. The van der Waals surface area contributed by atoms with E-state index in [9.17, 15) is 0 Å². The molecule has 2 rings (SSSR count). The molecule has 0 radical (unpaired) electrons. The molecule has 3 heteroatoms. The maximum absolute atomic E-state index is 3.64. The summed E-state index contributed by atoms with van der Waals surface area (Å²) in [7, 11) is 4.54. The molecule has 0 amide bonds. The Labute approximate surface area is 113 Å². The van der Waals surface area contributed by atoms with Crippen LogP contribution in [0.4, 0.5) is 0 Å². The number of hydrogen-bond acceptors (Lipinski definition) is 3. The van der Waals surface area contributed by atoms with Gasteiger partial charge in [0.15, 0.2) is 0 Å². The molecule has 1 saturated heterocycles. The first kappa shape index (κ1) is 14.3. The maximum Gasteiger partial charge on any atom is 0.0207 e. The van der Waals surface area contributed by atoms with Crippen LogP contribution in [0.5, 0.6) is 0 Å². The topological polar surface area (TPSA) is 18.5 Å². The number of piperazine rings is 1. The first-order chi connectivity index (χ1) is 8.74. The van der Waals surface area contributed by atoms with Crippen LogP contribution in [0.3, 0.4) is 0 Å². The monoisotopic (exact) mass is 253 g/mol. The molecule has 1 aliphatic carbocycles. The highest BCUT2D eigenvalue weighted by Gasteiger charge is 2.18. The second-order valence-electron chi connectivity index (χ2n) is 6.47. The predicted molar refractivity (Wildman–Crippen MR) is 78.0 cm³/mol. The average Bonchev–Trinajstić information content (AvgIpc) is 2.38.